The van der Waals surface area contributed by atoms with Crippen molar-refractivity contribution in [3.63, 3.8) is 0 Å². The molecule has 0 saturated heterocycles. The Kier molecular flexibility index (Phi) is 5.12. The van der Waals surface area contributed by atoms with E-state index < -0.39 is 0 Å². The van der Waals surface area contributed by atoms with Crippen molar-refractivity contribution in [2.45, 2.75) is 19.4 Å². The third kappa shape index (κ3) is 3.71. The lowest BCUT2D eigenvalue weighted by atomic mass is 9.95. The van der Waals surface area contributed by atoms with E-state index in [9.17, 15) is 4.79 Å². The van der Waals surface area contributed by atoms with Crippen molar-refractivity contribution in [3.05, 3.63) is 53.6 Å². The molecule has 25 heavy (non-hydrogen) atoms. The Balaban J connectivity index is 1.69. The molecule has 0 fully saturated rings. The first kappa shape index (κ1) is 17.1. The second kappa shape index (κ2) is 7.47. The number of hydrogen-bond donors (Lipinski definition) is 1. The van der Waals surface area contributed by atoms with Gasteiger partial charge < -0.3 is 19.5 Å². The van der Waals surface area contributed by atoms with Crippen molar-refractivity contribution < 1.29 is 19.0 Å². The van der Waals surface area contributed by atoms with Gasteiger partial charge in [0.1, 0.15) is 23.9 Å². The second-order valence-electron chi connectivity index (χ2n) is 6.16. The first-order valence-electron chi connectivity index (χ1n) is 8.35. The summed E-state index contributed by atoms with van der Waals surface area (Å²) < 4.78 is 16.4. The first-order valence-corrected chi connectivity index (χ1v) is 8.35. The van der Waals surface area contributed by atoms with E-state index in [1.165, 1.54) is 0 Å². The van der Waals surface area contributed by atoms with Gasteiger partial charge in [-0.15, -0.1) is 0 Å². The van der Waals surface area contributed by atoms with Crippen LogP contribution in [0.5, 0.6) is 17.2 Å². The van der Waals surface area contributed by atoms with E-state index in [-0.39, 0.29) is 17.9 Å². The Bertz CT molecular complexity index is 759. The number of ether oxygens (including phenoxy) is 3. The fourth-order valence-electron chi connectivity index (χ4n) is 3.08. The van der Waals surface area contributed by atoms with Gasteiger partial charge in [-0.3, -0.25) is 4.79 Å². The van der Waals surface area contributed by atoms with Gasteiger partial charge in [0.2, 0.25) is 5.91 Å². The minimum atomic E-state index is -0.193. The highest BCUT2D eigenvalue weighted by Crippen LogP contribution is 2.30. The lowest BCUT2D eigenvalue weighted by Gasteiger charge is -2.26. The molecule has 0 radical (unpaired) electrons. The molecule has 2 aromatic rings. The molecule has 1 amide bonds. The number of benzene rings is 2. The van der Waals surface area contributed by atoms with E-state index >= 15 is 0 Å². The second-order valence-corrected chi connectivity index (χ2v) is 6.16. The van der Waals surface area contributed by atoms with Crippen molar-refractivity contribution in [2.75, 3.05) is 20.8 Å². The van der Waals surface area contributed by atoms with Crippen molar-refractivity contribution in [3.8, 4) is 17.2 Å². The molecule has 2 unspecified atom stereocenters. The van der Waals surface area contributed by atoms with Crippen LogP contribution in [0.1, 0.15) is 24.1 Å². The zero-order valence-corrected chi connectivity index (χ0v) is 14.7. The number of carbonyl (C=O) groups is 1. The normalized spacial score (nSPS) is 17.0. The Morgan fingerprint density at radius 1 is 1.20 bits per heavy atom. The molecule has 0 aromatic heterocycles. The Hall–Kier alpha value is -2.69. The zero-order chi connectivity index (χ0) is 17.8. The largest absolute Gasteiger partial charge is 0.497 e. The van der Waals surface area contributed by atoms with Gasteiger partial charge in [0, 0.05) is 11.6 Å². The molecular formula is C20H23NO4. The van der Waals surface area contributed by atoms with E-state index in [4.69, 9.17) is 14.2 Å². The van der Waals surface area contributed by atoms with E-state index in [1.807, 2.05) is 49.4 Å². The summed E-state index contributed by atoms with van der Waals surface area (Å²) in [5.41, 5.74) is 1.98. The highest BCUT2D eigenvalue weighted by molar-refractivity contribution is 5.80. The molecule has 0 spiro atoms. The summed E-state index contributed by atoms with van der Waals surface area (Å²) in [6.45, 7) is 2.34. The maximum atomic E-state index is 12.7. The van der Waals surface area contributed by atoms with Crippen molar-refractivity contribution >= 4 is 5.91 Å². The fraction of sp³-hybridized carbons (Fsp3) is 0.350. The molecular weight excluding hydrogens is 318 g/mol. The minimum absolute atomic E-state index is 0.0140. The predicted octanol–water partition coefficient (Wildman–Crippen LogP) is 3.13. The Labute approximate surface area is 147 Å². The number of nitrogens with one attached hydrogen (secondary N) is 1. The van der Waals surface area contributed by atoms with Crippen LogP contribution in [0, 0.1) is 5.92 Å². The SMILES string of the molecule is COc1ccc(C(C)NC(=O)C2COc3ccccc3C2)c(OC)c1. The summed E-state index contributed by atoms with van der Waals surface area (Å²) >= 11 is 0. The molecule has 2 aromatic carbocycles. The number of para-hydroxylation sites is 1. The molecule has 5 heteroatoms. The number of hydrogen-bond acceptors (Lipinski definition) is 4. The van der Waals surface area contributed by atoms with Crippen LogP contribution in [0.4, 0.5) is 0 Å². The van der Waals surface area contributed by atoms with Crippen LogP contribution in [0.2, 0.25) is 0 Å². The molecule has 3 rings (SSSR count). The van der Waals surface area contributed by atoms with Gasteiger partial charge in [0.15, 0.2) is 0 Å². The fourth-order valence-corrected chi connectivity index (χ4v) is 3.08. The molecule has 1 heterocycles. The van der Waals surface area contributed by atoms with Gasteiger partial charge in [-0.1, -0.05) is 18.2 Å². The van der Waals surface area contributed by atoms with Gasteiger partial charge in [0.05, 0.1) is 26.2 Å². The van der Waals surface area contributed by atoms with Crippen LogP contribution in [-0.4, -0.2) is 26.7 Å². The smallest absolute Gasteiger partial charge is 0.227 e. The topological polar surface area (TPSA) is 56.8 Å². The number of fused-ring (bicyclic) bond motifs is 1. The molecule has 0 bridgehead atoms. The van der Waals surface area contributed by atoms with Gasteiger partial charge in [0.25, 0.3) is 0 Å². The molecule has 1 N–H and O–H groups in total. The Morgan fingerprint density at radius 2 is 2.00 bits per heavy atom. The standard InChI is InChI=1S/C20H23NO4/c1-13(17-9-8-16(23-2)11-19(17)24-3)21-20(22)15-10-14-6-4-5-7-18(14)25-12-15/h4-9,11,13,15H,10,12H2,1-3H3,(H,21,22). The molecule has 0 saturated carbocycles. The van der Waals surface area contributed by atoms with E-state index in [1.54, 1.807) is 14.2 Å². The van der Waals surface area contributed by atoms with Crippen molar-refractivity contribution in [1.82, 2.24) is 5.32 Å². The molecule has 0 aliphatic carbocycles. The molecule has 1 aliphatic rings. The summed E-state index contributed by atoms with van der Waals surface area (Å²) in [6.07, 6.45) is 0.689. The van der Waals surface area contributed by atoms with E-state index in [0.29, 0.717) is 18.8 Å². The van der Waals surface area contributed by atoms with Crippen LogP contribution in [0.3, 0.4) is 0 Å². The molecule has 5 nitrogen and oxygen atoms in total. The highest BCUT2D eigenvalue weighted by atomic mass is 16.5. The molecule has 132 valence electrons. The number of carbonyl (C=O) groups excluding carboxylic acids is 1. The minimum Gasteiger partial charge on any atom is -0.497 e. The van der Waals surface area contributed by atoms with Crippen LogP contribution < -0.4 is 19.5 Å². The number of methoxy groups -OCH3 is 2. The van der Waals surface area contributed by atoms with Crippen LogP contribution in [-0.2, 0) is 11.2 Å². The maximum Gasteiger partial charge on any atom is 0.227 e. The monoisotopic (exact) mass is 341 g/mol. The summed E-state index contributed by atoms with van der Waals surface area (Å²) in [4.78, 5) is 12.7. The lowest BCUT2D eigenvalue weighted by molar-refractivity contribution is -0.126. The maximum absolute atomic E-state index is 12.7. The van der Waals surface area contributed by atoms with Crippen LogP contribution >= 0.6 is 0 Å². The molecule has 1 aliphatic heterocycles. The van der Waals surface area contributed by atoms with Gasteiger partial charge >= 0.3 is 0 Å². The lowest BCUT2D eigenvalue weighted by Crippen LogP contribution is -2.38. The average Bonchev–Trinajstić information content (AvgIpc) is 2.66. The van der Waals surface area contributed by atoms with Gasteiger partial charge in [-0.05, 0) is 37.1 Å². The quantitative estimate of drug-likeness (QED) is 0.908. The summed E-state index contributed by atoms with van der Waals surface area (Å²) in [5, 5.41) is 3.07. The highest BCUT2D eigenvalue weighted by Gasteiger charge is 2.27. The number of amides is 1. The van der Waals surface area contributed by atoms with Crippen molar-refractivity contribution in [2.24, 2.45) is 5.92 Å². The van der Waals surface area contributed by atoms with Crippen LogP contribution in [0.25, 0.3) is 0 Å². The predicted molar refractivity (Wildman–Crippen MR) is 95.2 cm³/mol. The van der Waals surface area contributed by atoms with Crippen LogP contribution in [0.15, 0.2) is 42.5 Å². The summed E-state index contributed by atoms with van der Waals surface area (Å²) in [7, 11) is 3.22. The summed E-state index contributed by atoms with van der Waals surface area (Å²) in [5.74, 6) is 2.08. The Morgan fingerprint density at radius 3 is 2.76 bits per heavy atom. The first-order chi connectivity index (χ1) is 12.1. The third-order valence-corrected chi connectivity index (χ3v) is 4.52. The van der Waals surface area contributed by atoms with Crippen molar-refractivity contribution in [1.29, 1.82) is 0 Å². The number of rotatable bonds is 5. The zero-order valence-electron chi connectivity index (χ0n) is 14.7. The summed E-state index contributed by atoms with van der Waals surface area (Å²) in [6, 6.07) is 13.3. The van der Waals surface area contributed by atoms with Gasteiger partial charge in [-0.25, -0.2) is 0 Å². The third-order valence-electron chi connectivity index (χ3n) is 4.52. The van der Waals surface area contributed by atoms with E-state index in [2.05, 4.69) is 5.32 Å². The van der Waals surface area contributed by atoms with Gasteiger partial charge in [-0.2, -0.15) is 0 Å². The average molecular weight is 341 g/mol. The van der Waals surface area contributed by atoms with E-state index in [0.717, 1.165) is 22.6 Å². The molecule has 2 atom stereocenters.